The number of nitrogens with two attached hydrogens (primary N) is 2. The first kappa shape index (κ1) is 27.3. The van der Waals surface area contributed by atoms with Crippen molar-refractivity contribution in [3.05, 3.63) is 52.1 Å². The van der Waals surface area contributed by atoms with E-state index in [0.29, 0.717) is 26.2 Å². The van der Waals surface area contributed by atoms with Crippen LogP contribution in [0.15, 0.2) is 35.3 Å². The van der Waals surface area contributed by atoms with Crippen molar-refractivity contribution >= 4 is 17.8 Å². The predicted octanol–water partition coefficient (Wildman–Crippen LogP) is 0.920. The highest BCUT2D eigenvalue weighted by Gasteiger charge is 2.53. The second-order valence-electron chi connectivity index (χ2n) is 12.0. The molecule has 39 heavy (non-hydrogen) atoms. The summed E-state index contributed by atoms with van der Waals surface area (Å²) in [5.74, 6) is 0.769. The standard InChI is InChI=1S/C28H40N8O3/c1-19-16-22(5-4-20(19)6-9-33-10-7-21-17-28(21,30)18-33)36-11-8-23(32-26(36)39)31-25(38)35-14-12-34(13-15-35)24(37)27(2,3)29/h4-5,8,11,16,21H,6-7,9-10,12-15,17-18,29-30H2,1-3H3,(H,31,32,38,39). The van der Waals surface area contributed by atoms with Gasteiger partial charge < -0.3 is 26.2 Å². The number of carbonyl (C=O) groups excluding carboxylic acids is 2. The van der Waals surface area contributed by atoms with Crippen LogP contribution in [0.1, 0.15) is 37.8 Å². The van der Waals surface area contributed by atoms with Gasteiger partial charge in [-0.05, 0) is 81.8 Å². The summed E-state index contributed by atoms with van der Waals surface area (Å²) < 4.78 is 1.47. The van der Waals surface area contributed by atoms with Crippen LogP contribution in [0, 0.1) is 12.8 Å². The second kappa shape index (κ2) is 10.4. The van der Waals surface area contributed by atoms with Gasteiger partial charge in [-0.25, -0.2) is 9.59 Å². The van der Waals surface area contributed by atoms with Crippen LogP contribution < -0.4 is 22.5 Å². The Morgan fingerprint density at radius 1 is 1.13 bits per heavy atom. The van der Waals surface area contributed by atoms with Gasteiger partial charge in [0, 0.05) is 51.0 Å². The molecule has 1 saturated carbocycles. The molecule has 1 aliphatic carbocycles. The maximum atomic E-state index is 12.8. The van der Waals surface area contributed by atoms with Crippen molar-refractivity contribution in [2.24, 2.45) is 17.4 Å². The van der Waals surface area contributed by atoms with Crippen LogP contribution in [0.4, 0.5) is 10.6 Å². The molecule has 1 aromatic carbocycles. The van der Waals surface area contributed by atoms with Crippen LogP contribution in [-0.2, 0) is 11.2 Å². The zero-order chi connectivity index (χ0) is 27.9. The van der Waals surface area contributed by atoms with Gasteiger partial charge in [0.15, 0.2) is 0 Å². The van der Waals surface area contributed by atoms with Crippen molar-refractivity contribution in [2.75, 3.05) is 51.1 Å². The topological polar surface area (TPSA) is 143 Å². The molecule has 0 bridgehead atoms. The first-order chi connectivity index (χ1) is 18.4. The molecular weight excluding hydrogens is 496 g/mol. The minimum atomic E-state index is -0.946. The molecule has 5 N–H and O–H groups in total. The molecule has 3 aliphatic rings. The highest BCUT2D eigenvalue weighted by atomic mass is 16.2. The third-order valence-electron chi connectivity index (χ3n) is 8.34. The number of nitrogens with zero attached hydrogens (tertiary/aromatic N) is 5. The van der Waals surface area contributed by atoms with E-state index in [1.807, 2.05) is 12.1 Å². The first-order valence-electron chi connectivity index (χ1n) is 13.8. The lowest BCUT2D eigenvalue weighted by Gasteiger charge is -2.37. The number of anilines is 1. The quantitative estimate of drug-likeness (QED) is 0.498. The number of hydrogen-bond acceptors (Lipinski definition) is 7. The second-order valence-corrected chi connectivity index (χ2v) is 12.0. The lowest BCUT2D eigenvalue weighted by atomic mass is 10.0. The molecule has 2 atom stereocenters. The van der Waals surface area contributed by atoms with Crippen LogP contribution in [-0.4, -0.2) is 93.1 Å². The number of nitrogens with one attached hydrogen (secondary N) is 1. The van der Waals surface area contributed by atoms with Crippen molar-refractivity contribution in [1.29, 1.82) is 0 Å². The first-order valence-corrected chi connectivity index (χ1v) is 13.8. The third-order valence-corrected chi connectivity index (χ3v) is 8.34. The fourth-order valence-corrected chi connectivity index (χ4v) is 5.77. The van der Waals surface area contributed by atoms with Gasteiger partial charge >= 0.3 is 11.7 Å². The number of aromatic nitrogens is 2. The Labute approximate surface area is 229 Å². The molecule has 11 heteroatoms. The maximum absolute atomic E-state index is 12.8. The van der Waals surface area contributed by atoms with Gasteiger partial charge in [-0.2, -0.15) is 4.98 Å². The summed E-state index contributed by atoms with van der Waals surface area (Å²) in [6.07, 6.45) is 4.93. The molecule has 3 amide bonds. The zero-order valence-electron chi connectivity index (χ0n) is 23.2. The fraction of sp³-hybridized carbons (Fsp3) is 0.571. The highest BCUT2D eigenvalue weighted by molar-refractivity contribution is 5.89. The van der Waals surface area contributed by atoms with E-state index >= 15 is 0 Å². The van der Waals surface area contributed by atoms with E-state index in [1.165, 1.54) is 16.6 Å². The van der Waals surface area contributed by atoms with E-state index in [1.54, 1.807) is 35.9 Å². The average molecular weight is 537 g/mol. The van der Waals surface area contributed by atoms with E-state index < -0.39 is 11.2 Å². The number of rotatable bonds is 6. The number of carbonyl (C=O) groups is 2. The largest absolute Gasteiger partial charge is 0.354 e. The number of fused-ring (bicyclic) bond motifs is 1. The minimum absolute atomic E-state index is 0.0499. The lowest BCUT2D eigenvalue weighted by Crippen LogP contribution is -2.58. The van der Waals surface area contributed by atoms with Crippen molar-refractivity contribution in [2.45, 2.75) is 51.1 Å². The molecule has 3 fully saturated rings. The van der Waals surface area contributed by atoms with Gasteiger partial charge in [0.2, 0.25) is 5.91 Å². The third kappa shape index (κ3) is 6.00. The van der Waals surface area contributed by atoms with Gasteiger partial charge in [0.25, 0.3) is 0 Å². The number of piperazine rings is 1. The molecule has 2 aliphatic heterocycles. The summed E-state index contributed by atoms with van der Waals surface area (Å²) in [6.45, 7) is 10.1. The Kier molecular flexibility index (Phi) is 7.25. The molecule has 2 saturated heterocycles. The Morgan fingerprint density at radius 2 is 1.85 bits per heavy atom. The van der Waals surface area contributed by atoms with E-state index in [4.69, 9.17) is 11.5 Å². The van der Waals surface area contributed by atoms with Crippen molar-refractivity contribution in [3.63, 3.8) is 0 Å². The summed E-state index contributed by atoms with van der Waals surface area (Å²) in [7, 11) is 0. The van der Waals surface area contributed by atoms with E-state index in [9.17, 15) is 14.4 Å². The molecule has 1 aromatic heterocycles. The fourth-order valence-electron chi connectivity index (χ4n) is 5.77. The van der Waals surface area contributed by atoms with Crippen molar-refractivity contribution < 1.29 is 9.59 Å². The Hall–Kier alpha value is -3.28. The van der Waals surface area contributed by atoms with E-state index in [-0.39, 0.29) is 23.3 Å². The maximum Gasteiger partial charge on any atom is 0.354 e. The SMILES string of the molecule is Cc1cc(-n2ccc(NC(=O)N3CCN(C(=O)C(C)(C)N)CC3)nc2=O)ccc1CCN1CCC2CC2(N)C1. The van der Waals surface area contributed by atoms with Crippen molar-refractivity contribution in [1.82, 2.24) is 24.3 Å². The Bertz CT molecular complexity index is 1310. The Morgan fingerprint density at radius 3 is 2.49 bits per heavy atom. The summed E-state index contributed by atoms with van der Waals surface area (Å²) >= 11 is 0. The van der Waals surface area contributed by atoms with E-state index in [0.717, 1.165) is 49.6 Å². The molecule has 2 aromatic rings. The number of amides is 3. The van der Waals surface area contributed by atoms with Gasteiger partial charge in [-0.3, -0.25) is 14.7 Å². The molecule has 0 radical (unpaired) electrons. The predicted molar refractivity (Wildman–Crippen MR) is 150 cm³/mol. The monoisotopic (exact) mass is 536 g/mol. The van der Waals surface area contributed by atoms with Crippen LogP contribution >= 0.6 is 0 Å². The number of urea groups is 1. The average Bonchev–Trinajstić information content (AvgIpc) is 3.57. The van der Waals surface area contributed by atoms with Crippen LogP contribution in [0.5, 0.6) is 0 Å². The smallest absolute Gasteiger partial charge is 0.338 e. The summed E-state index contributed by atoms with van der Waals surface area (Å²) in [5, 5.41) is 2.70. The molecule has 0 spiro atoms. The zero-order valence-corrected chi connectivity index (χ0v) is 23.2. The van der Waals surface area contributed by atoms with Crippen LogP contribution in [0.3, 0.4) is 0 Å². The van der Waals surface area contributed by atoms with Gasteiger partial charge in [-0.15, -0.1) is 0 Å². The van der Waals surface area contributed by atoms with Crippen LogP contribution in [0.2, 0.25) is 0 Å². The number of likely N-dealkylation sites (tertiary alicyclic amines) is 1. The molecule has 3 heterocycles. The summed E-state index contributed by atoms with van der Waals surface area (Å²) in [5.41, 5.74) is 14.1. The molecule has 210 valence electrons. The van der Waals surface area contributed by atoms with Gasteiger partial charge in [0.05, 0.1) is 11.2 Å². The van der Waals surface area contributed by atoms with Crippen LogP contribution in [0.25, 0.3) is 5.69 Å². The number of piperidine rings is 1. The van der Waals surface area contributed by atoms with Gasteiger partial charge in [0.1, 0.15) is 5.82 Å². The minimum Gasteiger partial charge on any atom is -0.338 e. The summed E-state index contributed by atoms with van der Waals surface area (Å²) in [6, 6.07) is 7.27. The molecule has 5 rings (SSSR count). The number of hydrogen-bond donors (Lipinski definition) is 3. The Balaban J connectivity index is 1.16. The normalized spacial score (nSPS) is 23.4. The molecule has 2 unspecified atom stereocenters. The number of benzene rings is 1. The molecular formula is C28H40N8O3. The highest BCUT2D eigenvalue weighted by Crippen LogP contribution is 2.46. The molecule has 11 nitrogen and oxygen atoms in total. The van der Waals surface area contributed by atoms with Crippen molar-refractivity contribution in [3.8, 4) is 5.69 Å². The van der Waals surface area contributed by atoms with Gasteiger partial charge in [-0.1, -0.05) is 6.07 Å². The summed E-state index contributed by atoms with van der Waals surface area (Å²) in [4.78, 5) is 47.7. The lowest BCUT2D eigenvalue weighted by molar-refractivity contribution is -0.137. The number of aryl methyl sites for hydroxylation is 1. The van der Waals surface area contributed by atoms with E-state index in [2.05, 4.69) is 28.2 Å².